The third-order valence-corrected chi connectivity index (χ3v) is 5.43. The SMILES string of the molecule is CNCC1(c2cccc(Br)c2)CC2(CCOCC2)C1. The Hall–Kier alpha value is -0.380. The smallest absolute Gasteiger partial charge is 0.0471 e. The van der Waals surface area contributed by atoms with Crippen LogP contribution < -0.4 is 5.32 Å². The molecule has 1 aromatic carbocycles. The van der Waals surface area contributed by atoms with Gasteiger partial charge in [-0.1, -0.05) is 28.1 Å². The van der Waals surface area contributed by atoms with Crippen molar-refractivity contribution >= 4 is 15.9 Å². The lowest BCUT2D eigenvalue weighted by atomic mass is 9.48. The lowest BCUT2D eigenvalue weighted by Gasteiger charge is -2.58. The van der Waals surface area contributed by atoms with Crippen molar-refractivity contribution in [2.45, 2.75) is 31.1 Å². The number of hydrogen-bond acceptors (Lipinski definition) is 2. The zero-order valence-corrected chi connectivity index (χ0v) is 13.1. The molecule has 1 spiro atoms. The summed E-state index contributed by atoms with van der Waals surface area (Å²) >= 11 is 3.61. The van der Waals surface area contributed by atoms with Crippen molar-refractivity contribution in [3.63, 3.8) is 0 Å². The van der Waals surface area contributed by atoms with E-state index in [4.69, 9.17) is 4.74 Å². The molecule has 1 saturated heterocycles. The summed E-state index contributed by atoms with van der Waals surface area (Å²) in [7, 11) is 2.06. The van der Waals surface area contributed by atoms with Gasteiger partial charge >= 0.3 is 0 Å². The summed E-state index contributed by atoms with van der Waals surface area (Å²) in [6.07, 6.45) is 5.10. The van der Waals surface area contributed by atoms with Gasteiger partial charge < -0.3 is 10.1 Å². The molecule has 0 aromatic heterocycles. The van der Waals surface area contributed by atoms with Gasteiger partial charge in [0.1, 0.15) is 0 Å². The molecule has 0 amide bonds. The van der Waals surface area contributed by atoms with Crippen molar-refractivity contribution in [1.82, 2.24) is 5.32 Å². The van der Waals surface area contributed by atoms with Crippen LogP contribution in [-0.2, 0) is 10.2 Å². The summed E-state index contributed by atoms with van der Waals surface area (Å²) < 4.78 is 6.72. The van der Waals surface area contributed by atoms with Crippen molar-refractivity contribution in [3.05, 3.63) is 34.3 Å². The molecule has 2 nitrogen and oxygen atoms in total. The molecule has 2 aliphatic rings. The molecule has 1 aromatic rings. The fraction of sp³-hybridized carbons (Fsp3) is 0.625. The average Bonchev–Trinajstić information content (AvgIpc) is 2.38. The van der Waals surface area contributed by atoms with Gasteiger partial charge in [-0.05, 0) is 55.8 Å². The van der Waals surface area contributed by atoms with E-state index in [9.17, 15) is 0 Å². The predicted molar refractivity (Wildman–Crippen MR) is 81.5 cm³/mol. The third kappa shape index (κ3) is 2.48. The molecule has 104 valence electrons. The van der Waals surface area contributed by atoms with Gasteiger partial charge in [-0.3, -0.25) is 0 Å². The highest BCUT2D eigenvalue weighted by molar-refractivity contribution is 9.10. The van der Waals surface area contributed by atoms with Gasteiger partial charge in [0.2, 0.25) is 0 Å². The van der Waals surface area contributed by atoms with Gasteiger partial charge in [-0.15, -0.1) is 0 Å². The number of hydrogen-bond donors (Lipinski definition) is 1. The minimum atomic E-state index is 0.329. The normalized spacial score (nSPS) is 24.1. The first-order chi connectivity index (χ1) is 9.18. The fourth-order valence-corrected chi connectivity index (χ4v) is 4.53. The third-order valence-electron chi connectivity index (χ3n) is 4.93. The molecule has 1 heterocycles. The molecule has 1 N–H and O–H groups in total. The Balaban J connectivity index is 1.82. The van der Waals surface area contributed by atoms with E-state index in [2.05, 4.69) is 52.6 Å². The zero-order valence-electron chi connectivity index (χ0n) is 11.5. The highest BCUT2D eigenvalue weighted by atomic mass is 79.9. The molecule has 3 heteroatoms. The van der Waals surface area contributed by atoms with Crippen LogP contribution in [0.5, 0.6) is 0 Å². The second-order valence-corrected chi connectivity index (χ2v) is 7.20. The molecule has 3 rings (SSSR count). The molecule has 2 fully saturated rings. The largest absolute Gasteiger partial charge is 0.381 e. The van der Waals surface area contributed by atoms with Gasteiger partial charge in [0.05, 0.1) is 0 Å². The van der Waals surface area contributed by atoms with Crippen LogP contribution in [0.15, 0.2) is 28.7 Å². The molecular formula is C16H22BrNO. The predicted octanol–water partition coefficient (Wildman–Crippen LogP) is 3.50. The zero-order chi connectivity index (χ0) is 13.3. The van der Waals surface area contributed by atoms with Crippen LogP contribution in [0.3, 0.4) is 0 Å². The van der Waals surface area contributed by atoms with E-state index in [-0.39, 0.29) is 0 Å². The monoisotopic (exact) mass is 323 g/mol. The van der Waals surface area contributed by atoms with Gasteiger partial charge in [0.25, 0.3) is 0 Å². The Morgan fingerprint density at radius 2 is 2.00 bits per heavy atom. The number of ether oxygens (including phenoxy) is 1. The topological polar surface area (TPSA) is 21.3 Å². The van der Waals surface area contributed by atoms with Crippen LogP contribution in [0.4, 0.5) is 0 Å². The maximum Gasteiger partial charge on any atom is 0.0471 e. The van der Waals surface area contributed by atoms with Crippen LogP contribution >= 0.6 is 15.9 Å². The lowest BCUT2D eigenvalue weighted by Crippen LogP contribution is -2.56. The Morgan fingerprint density at radius 1 is 1.26 bits per heavy atom. The van der Waals surface area contributed by atoms with E-state index in [0.29, 0.717) is 10.8 Å². The van der Waals surface area contributed by atoms with E-state index < -0.39 is 0 Å². The second-order valence-electron chi connectivity index (χ2n) is 6.29. The molecule has 0 radical (unpaired) electrons. The molecular weight excluding hydrogens is 302 g/mol. The molecule has 0 atom stereocenters. The number of rotatable bonds is 3. The van der Waals surface area contributed by atoms with Crippen LogP contribution in [0.2, 0.25) is 0 Å². The van der Waals surface area contributed by atoms with Gasteiger partial charge in [-0.25, -0.2) is 0 Å². The second kappa shape index (κ2) is 5.19. The van der Waals surface area contributed by atoms with Gasteiger partial charge in [-0.2, -0.15) is 0 Å². The Bertz CT molecular complexity index is 446. The molecule has 1 aliphatic heterocycles. The quantitative estimate of drug-likeness (QED) is 0.919. The molecule has 19 heavy (non-hydrogen) atoms. The molecule has 0 unspecified atom stereocenters. The molecule has 1 saturated carbocycles. The first-order valence-corrected chi connectivity index (χ1v) is 7.96. The van der Waals surface area contributed by atoms with Gasteiger partial charge in [0.15, 0.2) is 0 Å². The average molecular weight is 324 g/mol. The maximum atomic E-state index is 5.53. The first-order valence-electron chi connectivity index (χ1n) is 7.17. The minimum Gasteiger partial charge on any atom is -0.381 e. The highest BCUT2D eigenvalue weighted by Gasteiger charge is 2.54. The van der Waals surface area contributed by atoms with Crippen molar-refractivity contribution in [2.24, 2.45) is 5.41 Å². The molecule has 1 aliphatic carbocycles. The Kier molecular flexibility index (Phi) is 3.71. The summed E-state index contributed by atoms with van der Waals surface area (Å²) in [5, 5.41) is 3.40. The number of likely N-dealkylation sites (N-methyl/N-ethyl adjacent to an activating group) is 1. The first kappa shape index (κ1) is 13.6. The van der Waals surface area contributed by atoms with Crippen molar-refractivity contribution in [1.29, 1.82) is 0 Å². The van der Waals surface area contributed by atoms with Crippen molar-refractivity contribution in [3.8, 4) is 0 Å². The fourth-order valence-electron chi connectivity index (χ4n) is 4.13. The summed E-state index contributed by atoms with van der Waals surface area (Å²) in [6, 6.07) is 8.85. The highest BCUT2D eigenvalue weighted by Crippen LogP contribution is 2.60. The van der Waals surface area contributed by atoms with E-state index in [1.165, 1.54) is 35.7 Å². The van der Waals surface area contributed by atoms with Gasteiger partial charge in [0, 0.05) is 29.6 Å². The Labute approximate surface area is 124 Å². The van der Waals surface area contributed by atoms with Crippen molar-refractivity contribution in [2.75, 3.05) is 26.8 Å². The number of halogens is 1. The van der Waals surface area contributed by atoms with E-state index in [1.54, 1.807) is 0 Å². The number of nitrogens with one attached hydrogen (secondary N) is 1. The molecule has 0 bridgehead atoms. The summed E-state index contributed by atoms with van der Waals surface area (Å²) in [5.74, 6) is 0. The van der Waals surface area contributed by atoms with Crippen molar-refractivity contribution < 1.29 is 4.74 Å². The van der Waals surface area contributed by atoms with Crippen LogP contribution in [0.25, 0.3) is 0 Å². The summed E-state index contributed by atoms with van der Waals surface area (Å²) in [5.41, 5.74) is 2.36. The van der Waals surface area contributed by atoms with Crippen LogP contribution in [0.1, 0.15) is 31.2 Å². The lowest BCUT2D eigenvalue weighted by molar-refractivity contribution is -0.0732. The number of benzene rings is 1. The Morgan fingerprint density at radius 3 is 2.63 bits per heavy atom. The van der Waals surface area contributed by atoms with Crippen LogP contribution in [-0.4, -0.2) is 26.8 Å². The van der Waals surface area contributed by atoms with E-state index in [1.807, 2.05) is 0 Å². The van der Waals surface area contributed by atoms with E-state index in [0.717, 1.165) is 19.8 Å². The standard InChI is InChI=1S/C16H22BrNO/c1-18-12-16(13-3-2-4-14(17)9-13)10-15(11-16)5-7-19-8-6-15/h2-4,9,18H,5-8,10-12H2,1H3. The van der Waals surface area contributed by atoms with Crippen LogP contribution in [0, 0.1) is 5.41 Å². The summed E-state index contributed by atoms with van der Waals surface area (Å²) in [4.78, 5) is 0. The summed E-state index contributed by atoms with van der Waals surface area (Å²) in [6.45, 7) is 2.98. The maximum absolute atomic E-state index is 5.53. The van der Waals surface area contributed by atoms with E-state index >= 15 is 0 Å². The minimum absolute atomic E-state index is 0.329.